The third kappa shape index (κ3) is 1.93. The second-order valence-corrected chi connectivity index (χ2v) is 6.01. The molecule has 3 rings (SSSR count). The topological polar surface area (TPSA) is 28.2 Å². The second kappa shape index (κ2) is 4.50. The molecule has 0 aromatic carbocycles. The highest BCUT2D eigenvalue weighted by atomic mass is 32.2. The van der Waals surface area contributed by atoms with E-state index in [9.17, 15) is 0 Å². The zero-order valence-electron chi connectivity index (χ0n) is 10.5. The number of thioether (sulfide) groups is 1. The summed E-state index contributed by atoms with van der Waals surface area (Å²) in [4.78, 5) is 8.62. The summed E-state index contributed by atoms with van der Waals surface area (Å²) in [5, 5.41) is 3.49. The highest BCUT2D eigenvalue weighted by Gasteiger charge is 2.28. The first kappa shape index (κ1) is 11.4. The molecule has 0 radical (unpaired) electrons. The Bertz CT molecular complexity index is 433. The van der Waals surface area contributed by atoms with Crippen molar-refractivity contribution in [2.45, 2.75) is 31.2 Å². The van der Waals surface area contributed by atoms with Crippen LogP contribution in [0.3, 0.4) is 0 Å². The predicted molar refractivity (Wildman–Crippen MR) is 73.1 cm³/mol. The van der Waals surface area contributed by atoms with E-state index in [1.165, 1.54) is 34.0 Å². The number of anilines is 1. The normalized spacial score (nSPS) is 23.9. The summed E-state index contributed by atoms with van der Waals surface area (Å²) < 4.78 is 0. The van der Waals surface area contributed by atoms with Gasteiger partial charge < -0.3 is 10.2 Å². The van der Waals surface area contributed by atoms with Gasteiger partial charge in [-0.3, -0.25) is 0 Å². The van der Waals surface area contributed by atoms with Crippen LogP contribution < -0.4 is 10.2 Å². The Balaban J connectivity index is 2.06. The molecule has 0 bridgehead atoms. The number of aromatic nitrogens is 1. The van der Waals surface area contributed by atoms with Gasteiger partial charge in [0, 0.05) is 37.6 Å². The molecule has 1 aromatic heterocycles. The first-order valence-electron chi connectivity index (χ1n) is 6.33. The minimum Gasteiger partial charge on any atom is -0.350 e. The second-order valence-electron chi connectivity index (χ2n) is 4.91. The molecule has 17 heavy (non-hydrogen) atoms. The van der Waals surface area contributed by atoms with Crippen molar-refractivity contribution >= 4 is 17.6 Å². The third-order valence-electron chi connectivity index (χ3n) is 3.84. The van der Waals surface area contributed by atoms with Crippen molar-refractivity contribution in [1.29, 1.82) is 0 Å². The number of rotatable bonds is 0. The maximum absolute atomic E-state index is 4.70. The molecule has 2 aliphatic heterocycles. The van der Waals surface area contributed by atoms with Crippen molar-refractivity contribution in [2.75, 3.05) is 30.3 Å². The molecule has 1 atom stereocenters. The Morgan fingerprint density at radius 1 is 1.47 bits per heavy atom. The van der Waals surface area contributed by atoms with Crippen LogP contribution >= 0.6 is 11.8 Å². The Morgan fingerprint density at radius 2 is 2.35 bits per heavy atom. The molecule has 1 N–H and O–H groups in total. The highest BCUT2D eigenvalue weighted by molar-refractivity contribution is 7.99. The van der Waals surface area contributed by atoms with E-state index in [-0.39, 0.29) is 0 Å². The Hall–Kier alpha value is -0.740. The van der Waals surface area contributed by atoms with E-state index >= 15 is 0 Å². The van der Waals surface area contributed by atoms with Crippen molar-refractivity contribution < 1.29 is 0 Å². The van der Waals surface area contributed by atoms with Crippen molar-refractivity contribution in [3.05, 3.63) is 17.3 Å². The van der Waals surface area contributed by atoms with Gasteiger partial charge in [-0.05, 0) is 31.4 Å². The first-order chi connectivity index (χ1) is 8.27. The van der Waals surface area contributed by atoms with Crippen molar-refractivity contribution in [2.24, 2.45) is 0 Å². The Kier molecular flexibility index (Phi) is 3.01. The van der Waals surface area contributed by atoms with Gasteiger partial charge in [0.05, 0.1) is 4.90 Å². The van der Waals surface area contributed by atoms with Gasteiger partial charge in [0.25, 0.3) is 0 Å². The zero-order chi connectivity index (χ0) is 11.8. The first-order valence-corrected chi connectivity index (χ1v) is 7.32. The van der Waals surface area contributed by atoms with Gasteiger partial charge in [-0.1, -0.05) is 0 Å². The fourth-order valence-corrected chi connectivity index (χ4v) is 3.90. The van der Waals surface area contributed by atoms with Crippen molar-refractivity contribution in [1.82, 2.24) is 10.3 Å². The molecule has 0 unspecified atom stereocenters. The molecule has 3 heterocycles. The van der Waals surface area contributed by atoms with Gasteiger partial charge in [-0.2, -0.15) is 0 Å². The minimum atomic E-state index is 0.632. The largest absolute Gasteiger partial charge is 0.350 e. The van der Waals surface area contributed by atoms with Crippen LogP contribution in [-0.2, 0) is 0 Å². The third-order valence-corrected chi connectivity index (χ3v) is 5.05. The highest BCUT2D eigenvalue weighted by Crippen LogP contribution is 2.38. The molecule has 0 amide bonds. The lowest BCUT2D eigenvalue weighted by Gasteiger charge is -2.36. The average molecular weight is 249 g/mol. The average Bonchev–Trinajstić information content (AvgIpc) is 2.54. The van der Waals surface area contributed by atoms with E-state index in [1.807, 2.05) is 18.0 Å². The minimum absolute atomic E-state index is 0.632. The number of nitrogens with one attached hydrogen (secondary N) is 1. The summed E-state index contributed by atoms with van der Waals surface area (Å²) in [6, 6.07) is 0.632. The van der Waals surface area contributed by atoms with Crippen LogP contribution in [0.4, 0.5) is 5.82 Å². The van der Waals surface area contributed by atoms with Gasteiger partial charge in [0.1, 0.15) is 5.82 Å². The van der Waals surface area contributed by atoms with E-state index in [0.29, 0.717) is 6.04 Å². The van der Waals surface area contributed by atoms with Crippen LogP contribution in [0.1, 0.15) is 17.5 Å². The molecule has 92 valence electrons. The predicted octanol–water partition coefficient (Wildman–Crippen LogP) is 1.97. The molecule has 4 heteroatoms. The van der Waals surface area contributed by atoms with E-state index < -0.39 is 0 Å². The van der Waals surface area contributed by atoms with Crippen molar-refractivity contribution in [3.8, 4) is 0 Å². The number of nitrogens with zero attached hydrogens (tertiary/aromatic N) is 2. The molecule has 3 nitrogen and oxygen atoms in total. The SMILES string of the molecule is Cc1cnc2c(c1C)SCC[C@@H]1CNCCN21. The quantitative estimate of drug-likeness (QED) is 0.761. The van der Waals surface area contributed by atoms with Crippen LogP contribution in [0, 0.1) is 13.8 Å². The maximum Gasteiger partial charge on any atom is 0.142 e. The summed E-state index contributed by atoms with van der Waals surface area (Å²) >= 11 is 1.98. The molecular formula is C13H19N3S. The molecule has 0 spiro atoms. The number of fused-ring (bicyclic) bond motifs is 3. The fourth-order valence-electron chi connectivity index (χ4n) is 2.63. The van der Waals surface area contributed by atoms with Gasteiger partial charge in [-0.15, -0.1) is 11.8 Å². The van der Waals surface area contributed by atoms with Gasteiger partial charge >= 0.3 is 0 Å². The maximum atomic E-state index is 4.70. The molecule has 0 saturated carbocycles. The molecule has 1 fully saturated rings. The summed E-state index contributed by atoms with van der Waals surface area (Å²) in [5.41, 5.74) is 2.73. The van der Waals surface area contributed by atoms with Crippen LogP contribution in [-0.4, -0.2) is 36.4 Å². The summed E-state index contributed by atoms with van der Waals surface area (Å²) in [6.45, 7) is 7.66. The van der Waals surface area contributed by atoms with E-state index in [2.05, 4.69) is 24.1 Å². The van der Waals surface area contributed by atoms with Crippen molar-refractivity contribution in [3.63, 3.8) is 0 Å². The Morgan fingerprint density at radius 3 is 3.24 bits per heavy atom. The molecule has 1 saturated heterocycles. The number of hydrogen-bond donors (Lipinski definition) is 1. The summed E-state index contributed by atoms with van der Waals surface area (Å²) in [7, 11) is 0. The fraction of sp³-hybridized carbons (Fsp3) is 0.615. The number of piperazine rings is 1. The van der Waals surface area contributed by atoms with Crippen LogP contribution in [0.2, 0.25) is 0 Å². The lowest BCUT2D eigenvalue weighted by molar-refractivity contribution is 0.465. The lowest BCUT2D eigenvalue weighted by atomic mass is 10.1. The molecular weight excluding hydrogens is 230 g/mol. The molecule has 2 aliphatic rings. The Labute approximate surface area is 107 Å². The standard InChI is InChI=1S/C13H19N3S/c1-9-7-15-13-12(10(9)2)17-6-3-11-8-14-4-5-16(11)13/h7,11,14H,3-6,8H2,1-2H3/t11-/m1/s1. The summed E-state index contributed by atoms with van der Waals surface area (Å²) in [5.74, 6) is 2.43. The van der Waals surface area contributed by atoms with E-state index in [1.54, 1.807) is 0 Å². The smallest absolute Gasteiger partial charge is 0.142 e. The number of hydrogen-bond acceptors (Lipinski definition) is 4. The summed E-state index contributed by atoms with van der Waals surface area (Å²) in [6.07, 6.45) is 3.28. The zero-order valence-corrected chi connectivity index (χ0v) is 11.3. The number of aryl methyl sites for hydroxylation is 1. The number of pyridine rings is 1. The lowest BCUT2D eigenvalue weighted by Crippen LogP contribution is -2.51. The monoisotopic (exact) mass is 249 g/mol. The molecule has 1 aromatic rings. The van der Waals surface area contributed by atoms with Gasteiger partial charge in [0.2, 0.25) is 0 Å². The molecule has 0 aliphatic carbocycles. The van der Waals surface area contributed by atoms with E-state index in [0.717, 1.165) is 19.6 Å². The van der Waals surface area contributed by atoms with Crippen LogP contribution in [0.25, 0.3) is 0 Å². The van der Waals surface area contributed by atoms with Crippen LogP contribution in [0.15, 0.2) is 11.1 Å². The van der Waals surface area contributed by atoms with Crippen LogP contribution in [0.5, 0.6) is 0 Å². The van der Waals surface area contributed by atoms with Gasteiger partial charge in [0.15, 0.2) is 0 Å². The van der Waals surface area contributed by atoms with E-state index in [4.69, 9.17) is 4.98 Å². The van der Waals surface area contributed by atoms with Gasteiger partial charge in [-0.25, -0.2) is 4.98 Å².